The highest BCUT2D eigenvalue weighted by Gasteiger charge is 2.38. The Morgan fingerprint density at radius 3 is 2.06 bits per heavy atom. The second kappa shape index (κ2) is 10.1. The molecular weight excluding hydrogens is 426 g/mol. The fourth-order valence-corrected chi connectivity index (χ4v) is 3.72. The summed E-state index contributed by atoms with van der Waals surface area (Å²) in [7, 11) is 0. The first-order valence-corrected chi connectivity index (χ1v) is 10.4. The molecule has 1 N–H and O–H groups in total. The number of alkyl halides is 6. The van der Waals surface area contributed by atoms with Crippen molar-refractivity contribution in [2.45, 2.75) is 83.5 Å². The molecule has 0 aliphatic carbocycles. The van der Waals surface area contributed by atoms with Crippen molar-refractivity contribution in [1.29, 1.82) is 0 Å². The Morgan fingerprint density at radius 1 is 1.06 bits per heavy atom. The van der Waals surface area contributed by atoms with E-state index in [2.05, 4.69) is 5.32 Å². The van der Waals surface area contributed by atoms with Gasteiger partial charge in [0, 0.05) is 25.2 Å². The zero-order chi connectivity index (χ0) is 23.4. The first-order chi connectivity index (χ1) is 14.4. The summed E-state index contributed by atoms with van der Waals surface area (Å²) in [5.74, 6) is 0. The first kappa shape index (κ1) is 25.3. The third-order valence-corrected chi connectivity index (χ3v) is 5.54. The first-order valence-electron chi connectivity index (χ1n) is 10.4. The van der Waals surface area contributed by atoms with E-state index < -0.39 is 29.6 Å². The van der Waals surface area contributed by atoms with Crippen LogP contribution < -0.4 is 5.32 Å². The third kappa shape index (κ3) is 6.75. The zero-order valence-electron chi connectivity index (χ0n) is 17.7. The maximum atomic E-state index is 13.0. The van der Waals surface area contributed by atoms with Crippen molar-refractivity contribution in [1.82, 2.24) is 10.2 Å². The predicted molar refractivity (Wildman–Crippen MR) is 103 cm³/mol. The highest BCUT2D eigenvalue weighted by Crippen LogP contribution is 2.36. The smallest absolute Gasteiger partial charge is 0.416 e. The van der Waals surface area contributed by atoms with Crippen molar-refractivity contribution in [3.63, 3.8) is 0 Å². The molecule has 0 aromatic heterocycles. The van der Waals surface area contributed by atoms with Gasteiger partial charge in [0.25, 0.3) is 0 Å². The summed E-state index contributed by atoms with van der Waals surface area (Å²) in [5, 5.41) is 3.00. The van der Waals surface area contributed by atoms with Crippen LogP contribution in [0.3, 0.4) is 0 Å². The molecule has 31 heavy (non-hydrogen) atoms. The van der Waals surface area contributed by atoms with Crippen molar-refractivity contribution in [2.24, 2.45) is 0 Å². The van der Waals surface area contributed by atoms with Crippen molar-refractivity contribution in [2.75, 3.05) is 6.54 Å². The lowest BCUT2D eigenvalue weighted by molar-refractivity contribution is -0.143. The van der Waals surface area contributed by atoms with E-state index in [9.17, 15) is 31.1 Å². The molecule has 1 saturated heterocycles. The van der Waals surface area contributed by atoms with Gasteiger partial charge in [0.1, 0.15) is 6.10 Å². The molecular formula is C21H28F6N2O2. The summed E-state index contributed by atoms with van der Waals surface area (Å²) >= 11 is 0. The van der Waals surface area contributed by atoms with Gasteiger partial charge in [-0.25, -0.2) is 4.79 Å². The Balaban J connectivity index is 2.10. The van der Waals surface area contributed by atoms with E-state index in [1.807, 2.05) is 20.8 Å². The highest BCUT2D eigenvalue weighted by molar-refractivity contribution is 5.68. The average Bonchev–Trinajstić information content (AvgIpc) is 3.12. The van der Waals surface area contributed by atoms with Crippen LogP contribution in [-0.2, 0) is 23.6 Å². The fourth-order valence-electron chi connectivity index (χ4n) is 3.72. The molecule has 176 valence electrons. The van der Waals surface area contributed by atoms with Crippen LogP contribution in [0.15, 0.2) is 18.2 Å². The van der Waals surface area contributed by atoms with Crippen molar-refractivity contribution in [3.05, 3.63) is 34.9 Å². The molecule has 0 spiro atoms. The van der Waals surface area contributed by atoms with Gasteiger partial charge in [0.05, 0.1) is 11.1 Å². The minimum absolute atomic E-state index is 0.105. The summed E-state index contributed by atoms with van der Waals surface area (Å²) in [5.41, 5.74) is -2.80. The Morgan fingerprint density at radius 2 is 1.61 bits per heavy atom. The van der Waals surface area contributed by atoms with Crippen LogP contribution in [0.5, 0.6) is 0 Å². The van der Waals surface area contributed by atoms with Gasteiger partial charge in [0.2, 0.25) is 0 Å². The van der Waals surface area contributed by atoms with E-state index in [0.29, 0.717) is 37.8 Å². The SMILES string of the molecule is CCC(CC)OC(=O)N1C[C@@H](NCc2cc(C(F)(F)F)cc(C(F)(F)F)c2)C[C@H]1CC. The summed E-state index contributed by atoms with van der Waals surface area (Å²) < 4.78 is 83.7. The molecule has 1 aliphatic heterocycles. The Labute approximate surface area is 177 Å². The highest BCUT2D eigenvalue weighted by atomic mass is 19.4. The summed E-state index contributed by atoms with van der Waals surface area (Å²) in [6, 6.07) is 1.18. The second-order valence-electron chi connectivity index (χ2n) is 7.76. The molecule has 0 bridgehead atoms. The molecule has 4 nitrogen and oxygen atoms in total. The number of amides is 1. The maximum Gasteiger partial charge on any atom is 0.416 e. The molecule has 0 radical (unpaired) electrons. The number of benzene rings is 1. The minimum Gasteiger partial charge on any atom is -0.446 e. The van der Waals surface area contributed by atoms with Crippen molar-refractivity contribution >= 4 is 6.09 Å². The van der Waals surface area contributed by atoms with Gasteiger partial charge < -0.3 is 15.0 Å². The molecule has 1 aromatic carbocycles. The largest absolute Gasteiger partial charge is 0.446 e. The molecule has 10 heteroatoms. The molecule has 0 saturated carbocycles. The van der Waals surface area contributed by atoms with Crippen LogP contribution in [0, 0.1) is 0 Å². The number of hydrogen-bond acceptors (Lipinski definition) is 3. The molecule has 1 fully saturated rings. The van der Waals surface area contributed by atoms with Crippen LogP contribution in [-0.4, -0.2) is 35.7 Å². The van der Waals surface area contributed by atoms with E-state index in [-0.39, 0.29) is 42.9 Å². The number of nitrogens with zero attached hydrogens (tertiary/aromatic N) is 1. The number of hydrogen-bond donors (Lipinski definition) is 1. The number of carbonyl (C=O) groups excluding carboxylic acids is 1. The van der Waals surface area contributed by atoms with Gasteiger partial charge in [-0.3, -0.25) is 0 Å². The van der Waals surface area contributed by atoms with E-state index in [4.69, 9.17) is 4.74 Å². The van der Waals surface area contributed by atoms with Gasteiger partial charge in [-0.2, -0.15) is 26.3 Å². The molecule has 2 atom stereocenters. The lowest BCUT2D eigenvalue weighted by Gasteiger charge is -2.25. The third-order valence-electron chi connectivity index (χ3n) is 5.54. The Kier molecular flexibility index (Phi) is 8.24. The molecule has 1 aromatic rings. The van der Waals surface area contributed by atoms with Crippen LogP contribution in [0.25, 0.3) is 0 Å². The monoisotopic (exact) mass is 454 g/mol. The van der Waals surface area contributed by atoms with Gasteiger partial charge >= 0.3 is 18.4 Å². The molecule has 2 rings (SSSR count). The summed E-state index contributed by atoms with van der Waals surface area (Å²) in [4.78, 5) is 14.1. The van der Waals surface area contributed by atoms with Gasteiger partial charge in [-0.15, -0.1) is 0 Å². The van der Waals surface area contributed by atoms with Gasteiger partial charge in [0.15, 0.2) is 0 Å². The van der Waals surface area contributed by atoms with Crippen LogP contribution in [0.1, 0.15) is 63.1 Å². The van der Waals surface area contributed by atoms with E-state index >= 15 is 0 Å². The average molecular weight is 454 g/mol. The number of nitrogens with one attached hydrogen (secondary N) is 1. The normalized spacial score (nSPS) is 19.9. The van der Waals surface area contributed by atoms with E-state index in [1.165, 1.54) is 0 Å². The van der Waals surface area contributed by atoms with Crippen molar-refractivity contribution in [3.8, 4) is 0 Å². The van der Waals surface area contributed by atoms with Crippen molar-refractivity contribution < 1.29 is 35.9 Å². The van der Waals surface area contributed by atoms with Crippen LogP contribution in [0.4, 0.5) is 31.1 Å². The number of rotatable bonds is 7. The molecule has 1 amide bonds. The number of ether oxygens (including phenoxy) is 1. The standard InChI is InChI=1S/C21H28F6N2O2/c1-4-17-10-16(12-29(17)19(30)31-18(5-2)6-3)28-11-13-7-14(20(22,23)24)9-15(8-13)21(25,26)27/h7-9,16-18,28H,4-6,10-12H2,1-3H3/t16-,17+/m0/s1. The van der Waals surface area contributed by atoms with Gasteiger partial charge in [-0.05, 0) is 49.4 Å². The van der Waals surface area contributed by atoms with E-state index in [1.54, 1.807) is 4.90 Å². The number of likely N-dealkylation sites (tertiary alicyclic amines) is 1. The topological polar surface area (TPSA) is 41.6 Å². The summed E-state index contributed by atoms with van der Waals surface area (Å²) in [6.45, 7) is 5.84. The minimum atomic E-state index is -4.88. The lowest BCUT2D eigenvalue weighted by atomic mass is 10.0. The van der Waals surface area contributed by atoms with Crippen LogP contribution in [0.2, 0.25) is 0 Å². The Hall–Kier alpha value is -1.97. The van der Waals surface area contributed by atoms with Gasteiger partial charge in [-0.1, -0.05) is 20.8 Å². The maximum absolute atomic E-state index is 13.0. The lowest BCUT2D eigenvalue weighted by Crippen LogP contribution is -2.39. The molecule has 1 aliphatic rings. The Bertz CT molecular complexity index is 714. The number of carbonyl (C=O) groups is 1. The fraction of sp³-hybridized carbons (Fsp3) is 0.667. The van der Waals surface area contributed by atoms with E-state index in [0.717, 1.165) is 0 Å². The predicted octanol–water partition coefficient (Wildman–Crippen LogP) is 5.99. The second-order valence-corrected chi connectivity index (χ2v) is 7.76. The molecule has 1 heterocycles. The summed E-state index contributed by atoms with van der Waals surface area (Å²) in [6.07, 6.45) is -7.82. The zero-order valence-corrected chi connectivity index (χ0v) is 17.7. The number of halogens is 6. The van der Waals surface area contributed by atoms with Crippen LogP contribution >= 0.6 is 0 Å². The quantitative estimate of drug-likeness (QED) is 0.515. The molecule has 0 unspecified atom stereocenters.